The zero-order valence-corrected chi connectivity index (χ0v) is 6.07. The van der Waals surface area contributed by atoms with E-state index in [2.05, 4.69) is 0 Å². The second-order valence-electron chi connectivity index (χ2n) is 1.26. The number of hydrogen-bond acceptors (Lipinski definition) is 6. The SMILES string of the molecule is CC(O)CO.N=[N+]=N.N=[N+]=N. The van der Waals surface area contributed by atoms with Crippen molar-refractivity contribution in [2.45, 2.75) is 13.0 Å². The lowest BCUT2D eigenvalue weighted by molar-refractivity contribution is 0.110. The van der Waals surface area contributed by atoms with Gasteiger partial charge in [-0.05, 0) is 6.92 Å². The van der Waals surface area contributed by atoms with Crippen LogP contribution >= 0.6 is 0 Å². The van der Waals surface area contributed by atoms with Crippen molar-refractivity contribution in [2.24, 2.45) is 0 Å². The molecular formula is C3H12N6O2+2. The molecule has 6 N–H and O–H groups in total. The van der Waals surface area contributed by atoms with Crippen LogP contribution in [0.4, 0.5) is 0 Å². The van der Waals surface area contributed by atoms with Crippen molar-refractivity contribution < 1.29 is 10.2 Å². The number of aliphatic hydroxyl groups is 2. The average Bonchev–Trinajstić information content (AvgIpc) is 1.91. The van der Waals surface area contributed by atoms with E-state index < -0.39 is 6.10 Å². The van der Waals surface area contributed by atoms with Crippen molar-refractivity contribution in [1.29, 1.82) is 22.1 Å². The van der Waals surface area contributed by atoms with Crippen LogP contribution in [0.2, 0.25) is 0 Å². The van der Waals surface area contributed by atoms with Crippen molar-refractivity contribution in [2.75, 3.05) is 6.61 Å². The molecule has 0 heterocycles. The van der Waals surface area contributed by atoms with Crippen LogP contribution in [0.15, 0.2) is 0 Å². The Kier molecular flexibility index (Phi) is 34.8. The van der Waals surface area contributed by atoms with Gasteiger partial charge in [-0.15, -0.1) is 0 Å². The third-order valence-electron chi connectivity index (χ3n) is 0.264. The molecule has 0 fully saturated rings. The molecule has 8 heteroatoms. The molecule has 0 radical (unpaired) electrons. The third kappa shape index (κ3) is 1250. The first-order chi connectivity index (χ1) is 5.10. The Hall–Kier alpha value is -1.46. The molecule has 0 bridgehead atoms. The van der Waals surface area contributed by atoms with Gasteiger partial charge < -0.3 is 10.2 Å². The Morgan fingerprint density at radius 3 is 1.27 bits per heavy atom. The molecule has 0 aromatic carbocycles. The van der Waals surface area contributed by atoms with E-state index in [0.717, 1.165) is 0 Å². The lowest BCUT2D eigenvalue weighted by Crippen LogP contribution is -2.03. The third-order valence-corrected chi connectivity index (χ3v) is 0.264. The molecule has 0 rings (SSSR count). The number of aliphatic hydroxyl groups excluding tert-OH is 2. The summed E-state index contributed by atoms with van der Waals surface area (Å²) in [5.41, 5.74) is 22.0. The van der Waals surface area contributed by atoms with Crippen LogP contribution in [0.25, 0.3) is 0 Å². The Morgan fingerprint density at radius 1 is 1.18 bits per heavy atom. The van der Waals surface area contributed by atoms with Crippen LogP contribution < -0.4 is 9.82 Å². The van der Waals surface area contributed by atoms with Gasteiger partial charge in [0.2, 0.25) is 9.82 Å². The summed E-state index contributed by atoms with van der Waals surface area (Å²) >= 11 is 0. The Balaban J connectivity index is -0.0000000933. The lowest BCUT2D eigenvalue weighted by Gasteiger charge is -1.90. The van der Waals surface area contributed by atoms with Gasteiger partial charge >= 0.3 is 0 Å². The molecule has 8 nitrogen and oxygen atoms in total. The van der Waals surface area contributed by atoms with Gasteiger partial charge in [-0.1, -0.05) is 0 Å². The monoisotopic (exact) mass is 164 g/mol. The van der Waals surface area contributed by atoms with Gasteiger partial charge in [-0.2, -0.15) is 0 Å². The number of hydrogen-bond donors (Lipinski definition) is 6. The van der Waals surface area contributed by atoms with Gasteiger partial charge in [-0.3, -0.25) is 0 Å². The Labute approximate surface area is 62.9 Å². The van der Waals surface area contributed by atoms with Crippen LogP contribution in [-0.2, 0) is 0 Å². The number of nitrogens with zero attached hydrogens (tertiary/aromatic N) is 2. The zero-order valence-electron chi connectivity index (χ0n) is 6.07. The molecule has 0 saturated heterocycles. The molecule has 1 unspecified atom stereocenters. The van der Waals surface area contributed by atoms with Crippen LogP contribution in [-0.4, -0.2) is 22.9 Å². The average molecular weight is 164 g/mol. The molecule has 0 aliphatic rings. The minimum Gasteiger partial charge on any atom is -0.394 e. The molecule has 0 aromatic heterocycles. The van der Waals surface area contributed by atoms with Gasteiger partial charge in [0.15, 0.2) is 0 Å². The van der Waals surface area contributed by atoms with Crippen LogP contribution in [0.3, 0.4) is 0 Å². The first-order valence-corrected chi connectivity index (χ1v) is 2.45. The number of nitrogens with one attached hydrogen (secondary N) is 4. The molecule has 0 spiro atoms. The van der Waals surface area contributed by atoms with E-state index in [1.165, 1.54) is 6.92 Å². The predicted molar refractivity (Wildman–Crippen MR) is 33.9 cm³/mol. The molecule has 1 atom stereocenters. The minimum absolute atomic E-state index is 0.139. The maximum Gasteiger partial charge on any atom is 0.211 e. The van der Waals surface area contributed by atoms with E-state index >= 15 is 0 Å². The maximum absolute atomic E-state index is 8.11. The van der Waals surface area contributed by atoms with E-state index in [-0.39, 0.29) is 6.61 Å². The fourth-order valence-electron chi connectivity index (χ4n) is 0. The topological polar surface area (TPSA) is 164 Å². The highest BCUT2D eigenvalue weighted by Crippen LogP contribution is 1.68. The van der Waals surface area contributed by atoms with Crippen molar-refractivity contribution >= 4 is 0 Å². The standard InChI is InChI=1S/C3H8O2.2H2N3/c1-3(5)2-4;2*1-3-2/h3-5H,2H2,1H3;2*1-2H/q;2*+1. The van der Waals surface area contributed by atoms with E-state index in [9.17, 15) is 0 Å². The highest BCUT2D eigenvalue weighted by molar-refractivity contribution is 4.33. The molecule has 0 saturated carbocycles. The highest BCUT2D eigenvalue weighted by atomic mass is 16.3. The normalized spacial score (nSPS) is 8.27. The lowest BCUT2D eigenvalue weighted by atomic mass is 10.5. The summed E-state index contributed by atoms with van der Waals surface area (Å²) in [6.45, 7) is 1.39. The van der Waals surface area contributed by atoms with Crippen molar-refractivity contribution in [3.8, 4) is 0 Å². The van der Waals surface area contributed by atoms with Gasteiger partial charge in [0.1, 0.15) is 22.1 Å². The van der Waals surface area contributed by atoms with Gasteiger partial charge in [0.25, 0.3) is 0 Å². The molecule has 11 heavy (non-hydrogen) atoms. The van der Waals surface area contributed by atoms with Gasteiger partial charge in [-0.25, -0.2) is 0 Å². The predicted octanol–water partition coefficient (Wildman–Crippen LogP) is -0.409. The summed E-state index contributed by atoms with van der Waals surface area (Å²) < 4.78 is 0. The van der Waals surface area contributed by atoms with Crippen LogP contribution in [0.1, 0.15) is 6.92 Å². The quantitative estimate of drug-likeness (QED) is 0.229. The fourth-order valence-corrected chi connectivity index (χ4v) is 0. The molecule has 0 aliphatic heterocycles. The van der Waals surface area contributed by atoms with Crippen molar-refractivity contribution in [3.05, 3.63) is 0 Å². The smallest absolute Gasteiger partial charge is 0.211 e. The molecule has 0 aliphatic carbocycles. The summed E-state index contributed by atoms with van der Waals surface area (Å²) in [5.74, 6) is 0. The van der Waals surface area contributed by atoms with E-state index in [1.807, 2.05) is 9.82 Å². The number of rotatable bonds is 1. The molecule has 64 valence electrons. The first kappa shape index (κ1) is 16.3. The minimum atomic E-state index is -0.560. The second kappa shape index (κ2) is 23.6. The van der Waals surface area contributed by atoms with Crippen LogP contribution in [0, 0.1) is 22.1 Å². The van der Waals surface area contributed by atoms with E-state index in [1.54, 1.807) is 0 Å². The van der Waals surface area contributed by atoms with Crippen molar-refractivity contribution in [1.82, 2.24) is 9.82 Å². The zero-order chi connectivity index (χ0) is 9.70. The van der Waals surface area contributed by atoms with Crippen molar-refractivity contribution in [3.63, 3.8) is 0 Å². The van der Waals surface area contributed by atoms with E-state index in [4.69, 9.17) is 32.3 Å². The summed E-state index contributed by atoms with van der Waals surface area (Å²) in [6.07, 6.45) is -0.560. The largest absolute Gasteiger partial charge is 0.394 e. The summed E-state index contributed by atoms with van der Waals surface area (Å²) in [7, 11) is 0. The molecule has 0 amide bonds. The summed E-state index contributed by atoms with van der Waals surface area (Å²) in [6, 6.07) is 0. The Morgan fingerprint density at radius 2 is 1.27 bits per heavy atom. The summed E-state index contributed by atoms with van der Waals surface area (Å²) in [5, 5.41) is 16.0. The van der Waals surface area contributed by atoms with Crippen LogP contribution in [0.5, 0.6) is 0 Å². The highest BCUT2D eigenvalue weighted by Gasteiger charge is 1.83. The van der Waals surface area contributed by atoms with Gasteiger partial charge in [0, 0.05) is 0 Å². The molecule has 0 aromatic rings. The molecular weight excluding hydrogens is 152 g/mol. The van der Waals surface area contributed by atoms with E-state index in [0.29, 0.717) is 0 Å². The summed E-state index contributed by atoms with van der Waals surface area (Å²) in [4.78, 5) is 4.00. The maximum atomic E-state index is 8.11. The second-order valence-corrected chi connectivity index (χ2v) is 1.26. The first-order valence-electron chi connectivity index (χ1n) is 2.45. The fraction of sp³-hybridized carbons (Fsp3) is 1.00. The van der Waals surface area contributed by atoms with Gasteiger partial charge in [0.05, 0.1) is 12.7 Å². The Bertz CT molecular complexity index is 110.